The number of nitrogens with two attached hydrogens (primary N) is 1. The third kappa shape index (κ3) is 5.56. The number of aliphatic hydroxyl groups excluding tert-OH is 1. The monoisotopic (exact) mass is 147 g/mol. The Labute approximate surface area is 62.2 Å². The Morgan fingerprint density at radius 2 is 1.70 bits per heavy atom. The lowest BCUT2D eigenvalue weighted by atomic mass is 10.1. The van der Waals surface area contributed by atoms with Crippen LogP contribution >= 0.6 is 0 Å². The molecule has 0 heterocycles. The van der Waals surface area contributed by atoms with Gasteiger partial charge in [0, 0.05) is 0 Å². The van der Waals surface area contributed by atoms with Gasteiger partial charge in [-0.05, 0) is 6.92 Å². The third-order valence-corrected chi connectivity index (χ3v) is 1.17. The van der Waals surface area contributed by atoms with Gasteiger partial charge in [-0.3, -0.25) is 4.79 Å². The standard InChI is InChI=1S/C5H11NO2.C2H6/c1-3(4(2)7)5(6)8;1-2/h3-4,7H,1-2H3,(H2,6,8);1-2H3. The van der Waals surface area contributed by atoms with Crippen molar-refractivity contribution >= 4 is 5.91 Å². The quantitative estimate of drug-likeness (QED) is 0.598. The summed E-state index contributed by atoms with van der Waals surface area (Å²) in [6.45, 7) is 7.13. The first kappa shape index (κ1) is 12.1. The minimum Gasteiger partial charge on any atom is -0.393 e. The molecule has 0 saturated heterocycles. The van der Waals surface area contributed by atoms with Crippen LogP contribution in [-0.4, -0.2) is 17.1 Å². The van der Waals surface area contributed by atoms with E-state index in [9.17, 15) is 4.79 Å². The fraction of sp³-hybridized carbons (Fsp3) is 0.857. The van der Waals surface area contributed by atoms with Crippen LogP contribution in [0.5, 0.6) is 0 Å². The van der Waals surface area contributed by atoms with Crippen LogP contribution in [0.15, 0.2) is 0 Å². The van der Waals surface area contributed by atoms with Crippen molar-refractivity contribution in [1.29, 1.82) is 0 Å². The first-order chi connectivity index (χ1) is 4.55. The molecule has 0 radical (unpaired) electrons. The number of hydrogen-bond donors (Lipinski definition) is 2. The van der Waals surface area contributed by atoms with Gasteiger partial charge in [-0.15, -0.1) is 0 Å². The summed E-state index contributed by atoms with van der Waals surface area (Å²) in [5.74, 6) is -0.894. The van der Waals surface area contributed by atoms with E-state index < -0.39 is 17.9 Å². The highest BCUT2D eigenvalue weighted by molar-refractivity contribution is 5.76. The summed E-state index contributed by atoms with van der Waals surface area (Å²) in [6.07, 6.45) is -0.632. The first-order valence-electron chi connectivity index (χ1n) is 3.53. The van der Waals surface area contributed by atoms with Crippen LogP contribution in [0, 0.1) is 5.92 Å². The van der Waals surface area contributed by atoms with Gasteiger partial charge >= 0.3 is 0 Å². The third-order valence-electron chi connectivity index (χ3n) is 1.17. The van der Waals surface area contributed by atoms with Gasteiger partial charge < -0.3 is 10.8 Å². The number of primary amides is 1. The van der Waals surface area contributed by atoms with Crippen LogP contribution in [0.3, 0.4) is 0 Å². The molecule has 0 aliphatic heterocycles. The van der Waals surface area contributed by atoms with Crippen LogP contribution in [-0.2, 0) is 4.79 Å². The van der Waals surface area contributed by atoms with Crippen molar-refractivity contribution < 1.29 is 9.90 Å². The summed E-state index contributed by atoms with van der Waals surface area (Å²) in [5.41, 5.74) is 4.84. The molecule has 62 valence electrons. The molecule has 2 unspecified atom stereocenters. The summed E-state index contributed by atoms with van der Waals surface area (Å²) in [4.78, 5) is 10.2. The molecule has 10 heavy (non-hydrogen) atoms. The largest absolute Gasteiger partial charge is 0.393 e. The van der Waals surface area contributed by atoms with Gasteiger partial charge in [0.1, 0.15) is 0 Å². The molecule has 3 nitrogen and oxygen atoms in total. The molecule has 0 aromatic rings. The predicted molar refractivity (Wildman–Crippen MR) is 41.4 cm³/mol. The smallest absolute Gasteiger partial charge is 0.222 e. The molecule has 0 saturated carbocycles. The van der Waals surface area contributed by atoms with E-state index in [0.717, 1.165) is 0 Å². The van der Waals surface area contributed by atoms with Crippen molar-refractivity contribution in [1.82, 2.24) is 0 Å². The Balaban J connectivity index is 0. The van der Waals surface area contributed by atoms with E-state index in [1.807, 2.05) is 13.8 Å². The number of rotatable bonds is 2. The Morgan fingerprint density at radius 3 is 1.70 bits per heavy atom. The van der Waals surface area contributed by atoms with E-state index in [1.54, 1.807) is 6.92 Å². The highest BCUT2D eigenvalue weighted by Gasteiger charge is 2.13. The summed E-state index contributed by atoms with van der Waals surface area (Å²) in [5, 5.41) is 8.69. The lowest BCUT2D eigenvalue weighted by Crippen LogP contribution is -2.28. The van der Waals surface area contributed by atoms with Gasteiger partial charge in [-0.1, -0.05) is 20.8 Å². The van der Waals surface area contributed by atoms with Gasteiger partial charge in [-0.2, -0.15) is 0 Å². The normalized spacial score (nSPS) is 14.5. The molecule has 2 atom stereocenters. The molecule has 0 rings (SSSR count). The lowest BCUT2D eigenvalue weighted by molar-refractivity contribution is -0.124. The molecular weight excluding hydrogens is 130 g/mol. The molecule has 3 heteroatoms. The predicted octanol–water partition coefficient (Wildman–Crippen LogP) is 0.515. The Bertz CT molecular complexity index is 91.6. The van der Waals surface area contributed by atoms with Gasteiger partial charge in [-0.25, -0.2) is 0 Å². The van der Waals surface area contributed by atoms with Crippen molar-refractivity contribution in [3.8, 4) is 0 Å². The number of amides is 1. The summed E-state index contributed by atoms with van der Waals surface area (Å²) >= 11 is 0. The minimum absolute atomic E-state index is 0.435. The van der Waals surface area contributed by atoms with Gasteiger partial charge in [0.05, 0.1) is 12.0 Å². The van der Waals surface area contributed by atoms with E-state index in [4.69, 9.17) is 10.8 Å². The number of carbonyl (C=O) groups is 1. The van der Waals surface area contributed by atoms with Crippen molar-refractivity contribution in [3.05, 3.63) is 0 Å². The second kappa shape index (κ2) is 6.55. The summed E-state index contributed by atoms with van der Waals surface area (Å²) in [7, 11) is 0. The molecule has 0 bridgehead atoms. The molecule has 0 aliphatic carbocycles. The van der Waals surface area contributed by atoms with E-state index in [2.05, 4.69) is 0 Å². The Morgan fingerprint density at radius 1 is 1.40 bits per heavy atom. The number of aliphatic hydroxyl groups is 1. The topological polar surface area (TPSA) is 63.3 Å². The maximum absolute atomic E-state index is 10.2. The van der Waals surface area contributed by atoms with Crippen molar-refractivity contribution in [2.45, 2.75) is 33.8 Å². The van der Waals surface area contributed by atoms with E-state index >= 15 is 0 Å². The molecule has 0 aliphatic rings. The van der Waals surface area contributed by atoms with Crippen molar-refractivity contribution in [3.63, 3.8) is 0 Å². The zero-order valence-corrected chi connectivity index (χ0v) is 7.09. The Kier molecular flexibility index (Phi) is 7.95. The fourth-order valence-electron chi connectivity index (χ4n) is 0.238. The van der Waals surface area contributed by atoms with Gasteiger partial charge in [0.2, 0.25) is 5.91 Å². The average molecular weight is 147 g/mol. The van der Waals surface area contributed by atoms with Crippen LogP contribution in [0.25, 0.3) is 0 Å². The van der Waals surface area contributed by atoms with E-state index in [0.29, 0.717) is 0 Å². The molecule has 1 amide bonds. The molecular formula is C7H17NO2. The number of carbonyl (C=O) groups excluding carboxylic acids is 1. The van der Waals surface area contributed by atoms with Crippen LogP contribution in [0.2, 0.25) is 0 Å². The minimum atomic E-state index is -0.632. The lowest BCUT2D eigenvalue weighted by Gasteiger charge is -2.08. The van der Waals surface area contributed by atoms with E-state index in [-0.39, 0.29) is 0 Å². The van der Waals surface area contributed by atoms with Crippen LogP contribution in [0.4, 0.5) is 0 Å². The second-order valence-electron chi connectivity index (χ2n) is 1.93. The highest BCUT2D eigenvalue weighted by Crippen LogP contribution is 1.98. The number of hydrogen-bond acceptors (Lipinski definition) is 2. The summed E-state index contributed by atoms with van der Waals surface area (Å²) < 4.78 is 0. The molecule has 0 aromatic carbocycles. The van der Waals surface area contributed by atoms with Crippen LogP contribution < -0.4 is 5.73 Å². The summed E-state index contributed by atoms with van der Waals surface area (Å²) in [6, 6.07) is 0. The van der Waals surface area contributed by atoms with Crippen molar-refractivity contribution in [2.75, 3.05) is 0 Å². The SMILES string of the molecule is CC.CC(O)C(C)C(N)=O. The van der Waals surface area contributed by atoms with Gasteiger partial charge in [0.25, 0.3) is 0 Å². The molecule has 0 aromatic heterocycles. The second-order valence-corrected chi connectivity index (χ2v) is 1.93. The maximum atomic E-state index is 10.2. The van der Waals surface area contributed by atoms with Crippen LogP contribution in [0.1, 0.15) is 27.7 Å². The average Bonchev–Trinajstić information content (AvgIpc) is 1.90. The zero-order chi connectivity index (χ0) is 8.73. The molecule has 0 spiro atoms. The Hall–Kier alpha value is -0.570. The fourth-order valence-corrected chi connectivity index (χ4v) is 0.238. The molecule has 3 N–H and O–H groups in total. The van der Waals surface area contributed by atoms with Gasteiger partial charge in [0.15, 0.2) is 0 Å². The van der Waals surface area contributed by atoms with E-state index in [1.165, 1.54) is 6.92 Å². The molecule has 0 fully saturated rings. The maximum Gasteiger partial charge on any atom is 0.222 e. The zero-order valence-electron chi connectivity index (χ0n) is 7.09. The first-order valence-corrected chi connectivity index (χ1v) is 3.53. The van der Waals surface area contributed by atoms with Crippen molar-refractivity contribution in [2.24, 2.45) is 11.7 Å². The highest BCUT2D eigenvalue weighted by atomic mass is 16.3.